The van der Waals surface area contributed by atoms with Gasteiger partial charge in [0.2, 0.25) is 5.91 Å². The smallest absolute Gasteiger partial charge is 0.269 e. The zero-order valence-corrected chi connectivity index (χ0v) is 12.4. The van der Waals surface area contributed by atoms with Crippen molar-refractivity contribution < 1.29 is 14.5 Å². The molecule has 6 heteroatoms. The number of non-ortho nitro benzene ring substituents is 1. The Morgan fingerprint density at radius 2 is 1.96 bits per heavy atom. The second-order valence-corrected chi connectivity index (χ2v) is 5.36. The van der Waals surface area contributed by atoms with E-state index in [4.69, 9.17) is 4.74 Å². The zero-order chi connectivity index (χ0) is 16.2. The third-order valence-electron chi connectivity index (χ3n) is 3.83. The van der Waals surface area contributed by atoms with Crippen molar-refractivity contribution in [3.05, 3.63) is 69.8 Å². The highest BCUT2D eigenvalue weighted by atomic mass is 16.6. The highest BCUT2D eigenvalue weighted by Crippen LogP contribution is 2.29. The summed E-state index contributed by atoms with van der Waals surface area (Å²) in [6.07, 6.45) is 0.822. The summed E-state index contributed by atoms with van der Waals surface area (Å²) in [5.74, 6) is -0.180. The molecule has 2 aromatic rings. The Morgan fingerprint density at radius 3 is 2.70 bits per heavy atom. The first-order valence-electron chi connectivity index (χ1n) is 7.37. The van der Waals surface area contributed by atoms with E-state index in [1.54, 1.807) is 0 Å². The highest BCUT2D eigenvalue weighted by molar-refractivity contribution is 5.91. The van der Waals surface area contributed by atoms with Crippen LogP contribution in [0.15, 0.2) is 48.5 Å². The third-order valence-corrected chi connectivity index (χ3v) is 3.83. The first-order valence-corrected chi connectivity index (χ1v) is 7.37. The third kappa shape index (κ3) is 3.54. The van der Waals surface area contributed by atoms with Crippen LogP contribution in [-0.2, 0) is 16.0 Å². The maximum Gasteiger partial charge on any atom is 0.269 e. The van der Waals surface area contributed by atoms with Gasteiger partial charge in [0.25, 0.3) is 5.69 Å². The van der Waals surface area contributed by atoms with Crippen LogP contribution in [0.2, 0.25) is 0 Å². The van der Waals surface area contributed by atoms with Gasteiger partial charge >= 0.3 is 0 Å². The van der Waals surface area contributed by atoms with Crippen LogP contribution in [-0.4, -0.2) is 17.4 Å². The van der Waals surface area contributed by atoms with Crippen molar-refractivity contribution in [1.82, 2.24) is 0 Å². The van der Waals surface area contributed by atoms with Crippen LogP contribution in [0, 0.1) is 10.1 Å². The summed E-state index contributed by atoms with van der Waals surface area (Å²) in [4.78, 5) is 22.3. The summed E-state index contributed by atoms with van der Waals surface area (Å²) in [6, 6.07) is 13.7. The summed E-state index contributed by atoms with van der Waals surface area (Å²) < 4.78 is 5.71. The quantitative estimate of drug-likeness (QED) is 0.694. The highest BCUT2D eigenvalue weighted by Gasteiger charge is 2.23. The summed E-state index contributed by atoms with van der Waals surface area (Å²) in [6.45, 7) is 0.604. The molecule has 1 aliphatic heterocycles. The number of carbonyl (C=O) groups is 1. The number of nitrogens with one attached hydrogen (secondary N) is 1. The van der Waals surface area contributed by atoms with Gasteiger partial charge in [0, 0.05) is 17.8 Å². The van der Waals surface area contributed by atoms with Crippen LogP contribution in [0.3, 0.4) is 0 Å². The molecule has 118 valence electrons. The van der Waals surface area contributed by atoms with Crippen molar-refractivity contribution in [3.63, 3.8) is 0 Å². The maximum atomic E-state index is 12.2. The number of amides is 1. The molecule has 0 aromatic heterocycles. The lowest BCUT2D eigenvalue weighted by atomic mass is 9.95. The minimum Gasteiger partial charge on any atom is -0.373 e. The van der Waals surface area contributed by atoms with Crippen molar-refractivity contribution >= 4 is 17.3 Å². The van der Waals surface area contributed by atoms with Gasteiger partial charge in [0.15, 0.2) is 0 Å². The average molecular weight is 312 g/mol. The number of fused-ring (bicyclic) bond motifs is 1. The average Bonchev–Trinajstić information content (AvgIpc) is 2.55. The van der Waals surface area contributed by atoms with E-state index in [-0.39, 0.29) is 24.1 Å². The predicted octanol–water partition coefficient (Wildman–Crippen LogP) is 3.24. The second kappa shape index (κ2) is 6.58. The lowest BCUT2D eigenvalue weighted by Gasteiger charge is -2.25. The van der Waals surface area contributed by atoms with Crippen LogP contribution < -0.4 is 5.32 Å². The summed E-state index contributed by atoms with van der Waals surface area (Å²) in [5.41, 5.74) is 2.79. The Kier molecular flexibility index (Phi) is 4.34. The molecule has 1 amide bonds. The number of carbonyl (C=O) groups excluding carboxylic acids is 1. The van der Waals surface area contributed by atoms with Crippen molar-refractivity contribution in [2.24, 2.45) is 0 Å². The Labute approximate surface area is 133 Å². The Morgan fingerprint density at radius 1 is 1.22 bits per heavy atom. The SMILES string of the molecule is O=C(CC1OCCc2ccccc21)Nc1ccc([N+](=O)[O-])cc1. The Bertz CT molecular complexity index is 728. The van der Waals surface area contributed by atoms with Gasteiger partial charge in [0.05, 0.1) is 24.1 Å². The monoisotopic (exact) mass is 312 g/mol. The van der Waals surface area contributed by atoms with Gasteiger partial charge in [0.1, 0.15) is 0 Å². The van der Waals surface area contributed by atoms with E-state index < -0.39 is 4.92 Å². The molecule has 0 fully saturated rings. The fourth-order valence-electron chi connectivity index (χ4n) is 2.69. The largest absolute Gasteiger partial charge is 0.373 e. The van der Waals surface area contributed by atoms with E-state index in [1.165, 1.54) is 29.8 Å². The number of nitro groups is 1. The molecule has 1 N–H and O–H groups in total. The first-order chi connectivity index (χ1) is 11.1. The molecule has 3 rings (SSSR count). The Hall–Kier alpha value is -2.73. The lowest BCUT2D eigenvalue weighted by Crippen LogP contribution is -2.22. The number of ether oxygens (including phenoxy) is 1. The topological polar surface area (TPSA) is 81.5 Å². The van der Waals surface area contributed by atoms with Crippen LogP contribution in [0.4, 0.5) is 11.4 Å². The van der Waals surface area contributed by atoms with Crippen LogP contribution in [0.25, 0.3) is 0 Å². The summed E-state index contributed by atoms with van der Waals surface area (Å²) in [5, 5.41) is 13.4. The molecule has 0 aliphatic carbocycles. The molecule has 0 spiro atoms. The molecule has 1 heterocycles. The molecular formula is C17H16N2O4. The zero-order valence-electron chi connectivity index (χ0n) is 12.4. The molecule has 2 aromatic carbocycles. The second-order valence-electron chi connectivity index (χ2n) is 5.36. The van der Waals surface area contributed by atoms with Gasteiger partial charge in [-0.25, -0.2) is 0 Å². The summed E-state index contributed by atoms with van der Waals surface area (Å²) in [7, 11) is 0. The van der Waals surface area contributed by atoms with E-state index in [2.05, 4.69) is 11.4 Å². The fraction of sp³-hybridized carbons (Fsp3) is 0.235. The van der Waals surface area contributed by atoms with Crippen LogP contribution >= 0.6 is 0 Å². The molecule has 0 saturated carbocycles. The molecule has 23 heavy (non-hydrogen) atoms. The van der Waals surface area contributed by atoms with Gasteiger partial charge in [-0.15, -0.1) is 0 Å². The number of anilines is 1. The van der Waals surface area contributed by atoms with Gasteiger partial charge in [-0.1, -0.05) is 24.3 Å². The fourth-order valence-corrected chi connectivity index (χ4v) is 2.69. The minimum atomic E-state index is -0.474. The van der Waals surface area contributed by atoms with E-state index >= 15 is 0 Å². The molecule has 0 saturated heterocycles. The van der Waals surface area contributed by atoms with E-state index in [1.807, 2.05) is 18.2 Å². The van der Waals surface area contributed by atoms with Crippen molar-refractivity contribution in [1.29, 1.82) is 0 Å². The molecule has 1 atom stereocenters. The lowest BCUT2D eigenvalue weighted by molar-refractivity contribution is -0.384. The molecule has 6 nitrogen and oxygen atoms in total. The van der Waals surface area contributed by atoms with E-state index in [0.717, 1.165) is 12.0 Å². The predicted molar refractivity (Wildman–Crippen MR) is 85.2 cm³/mol. The molecule has 0 bridgehead atoms. The first kappa shape index (κ1) is 15.2. The van der Waals surface area contributed by atoms with Crippen molar-refractivity contribution in [2.75, 3.05) is 11.9 Å². The van der Waals surface area contributed by atoms with Gasteiger partial charge < -0.3 is 10.1 Å². The van der Waals surface area contributed by atoms with Gasteiger partial charge in [-0.3, -0.25) is 14.9 Å². The van der Waals surface area contributed by atoms with E-state index in [9.17, 15) is 14.9 Å². The number of nitro benzene ring substituents is 1. The number of benzene rings is 2. The standard InChI is InChI=1S/C17H16N2O4/c20-17(18-13-5-7-14(8-6-13)19(21)22)11-16-15-4-2-1-3-12(15)9-10-23-16/h1-8,16H,9-11H2,(H,18,20). The van der Waals surface area contributed by atoms with E-state index in [0.29, 0.717) is 12.3 Å². The summed E-state index contributed by atoms with van der Waals surface area (Å²) >= 11 is 0. The van der Waals surface area contributed by atoms with Crippen molar-refractivity contribution in [3.8, 4) is 0 Å². The number of hydrogen-bond acceptors (Lipinski definition) is 4. The van der Waals surface area contributed by atoms with Crippen LogP contribution in [0.5, 0.6) is 0 Å². The Balaban J connectivity index is 1.65. The van der Waals surface area contributed by atoms with Crippen molar-refractivity contribution in [2.45, 2.75) is 18.9 Å². The van der Waals surface area contributed by atoms with Gasteiger partial charge in [-0.2, -0.15) is 0 Å². The number of rotatable bonds is 4. The van der Waals surface area contributed by atoms with Crippen LogP contribution in [0.1, 0.15) is 23.7 Å². The molecule has 0 radical (unpaired) electrons. The molecule has 1 aliphatic rings. The maximum absolute atomic E-state index is 12.2. The minimum absolute atomic E-state index is 0.00691. The number of hydrogen-bond donors (Lipinski definition) is 1. The normalized spacial score (nSPS) is 16.4. The number of nitrogens with zero attached hydrogens (tertiary/aromatic N) is 1. The molecular weight excluding hydrogens is 296 g/mol. The van der Waals surface area contributed by atoms with Gasteiger partial charge in [-0.05, 0) is 29.7 Å². The molecule has 1 unspecified atom stereocenters.